The average molecular weight is 518 g/mol. The third-order valence-corrected chi connectivity index (χ3v) is 6.85. The zero-order valence-corrected chi connectivity index (χ0v) is 18.5. The SMILES string of the molecule is O=C(c1ccc(Br)cc1)[C@@H]1Oc2ccc(Br)cc2[C@@H]2CC(c3cccs3)=NN12. The van der Waals surface area contributed by atoms with E-state index < -0.39 is 6.23 Å². The number of carbonyl (C=O) groups is 1. The minimum Gasteiger partial charge on any atom is -0.461 e. The van der Waals surface area contributed by atoms with E-state index in [-0.39, 0.29) is 11.8 Å². The monoisotopic (exact) mass is 516 g/mol. The Hall–Kier alpha value is -1.96. The fraction of sp³-hybridized carbons (Fsp3) is 0.143. The summed E-state index contributed by atoms with van der Waals surface area (Å²) < 4.78 is 8.07. The van der Waals surface area contributed by atoms with Crippen LogP contribution >= 0.6 is 43.2 Å². The molecule has 0 aliphatic carbocycles. The van der Waals surface area contributed by atoms with E-state index in [1.165, 1.54) is 0 Å². The Bertz CT molecular complexity index is 1080. The zero-order valence-electron chi connectivity index (χ0n) is 14.5. The number of ketones is 1. The first kappa shape index (κ1) is 18.1. The summed E-state index contributed by atoms with van der Waals surface area (Å²) in [6, 6.07) is 17.3. The lowest BCUT2D eigenvalue weighted by Gasteiger charge is -2.37. The molecule has 2 aliphatic heterocycles. The quantitative estimate of drug-likeness (QED) is 0.398. The van der Waals surface area contributed by atoms with Crippen LogP contribution in [-0.2, 0) is 0 Å². The van der Waals surface area contributed by atoms with Gasteiger partial charge >= 0.3 is 0 Å². The van der Waals surface area contributed by atoms with Gasteiger partial charge in [-0.05, 0) is 41.8 Å². The van der Waals surface area contributed by atoms with Crippen LogP contribution in [0.5, 0.6) is 5.75 Å². The molecule has 2 aromatic carbocycles. The van der Waals surface area contributed by atoms with Crippen molar-refractivity contribution >= 4 is 54.7 Å². The number of thiophene rings is 1. The normalized spacial score (nSPS) is 20.2. The molecule has 5 rings (SSSR count). The standard InChI is InChI=1S/C21H14Br2N2O2S/c22-13-5-3-12(4-6-13)20(26)21-25-17(11-16(24-25)19-2-1-9-28-19)15-10-14(23)7-8-18(15)27-21/h1-10,17,21H,11H2/t17-,21-/m0/s1. The fourth-order valence-corrected chi connectivity index (χ4v) is 4.94. The minimum absolute atomic E-state index is 0.0252. The summed E-state index contributed by atoms with van der Waals surface area (Å²) in [5.74, 6) is 0.643. The number of Topliss-reactive ketones (excluding diaryl/α,β-unsaturated/α-hetero) is 1. The van der Waals surface area contributed by atoms with Crippen molar-refractivity contribution in [3.05, 3.63) is 84.9 Å². The molecule has 140 valence electrons. The van der Waals surface area contributed by atoms with Gasteiger partial charge in [-0.3, -0.25) is 4.79 Å². The summed E-state index contributed by atoms with van der Waals surface area (Å²) in [7, 11) is 0. The van der Waals surface area contributed by atoms with Gasteiger partial charge in [0.05, 0.1) is 16.6 Å². The summed E-state index contributed by atoms with van der Waals surface area (Å²) in [6.07, 6.45) is -0.0328. The Balaban J connectivity index is 1.57. The molecule has 0 spiro atoms. The van der Waals surface area contributed by atoms with E-state index in [2.05, 4.69) is 44.0 Å². The van der Waals surface area contributed by atoms with Crippen molar-refractivity contribution in [3.63, 3.8) is 0 Å². The third kappa shape index (κ3) is 3.11. The second-order valence-electron chi connectivity index (χ2n) is 6.65. The van der Waals surface area contributed by atoms with Gasteiger partial charge in [-0.25, -0.2) is 5.01 Å². The largest absolute Gasteiger partial charge is 0.461 e. The van der Waals surface area contributed by atoms with E-state index in [9.17, 15) is 4.79 Å². The Morgan fingerprint density at radius 2 is 1.89 bits per heavy atom. The minimum atomic E-state index is -0.780. The van der Waals surface area contributed by atoms with Crippen LogP contribution in [-0.4, -0.2) is 22.7 Å². The van der Waals surface area contributed by atoms with Crippen molar-refractivity contribution in [1.82, 2.24) is 5.01 Å². The second kappa shape index (κ2) is 7.13. The number of ether oxygens (including phenoxy) is 1. The summed E-state index contributed by atoms with van der Waals surface area (Å²) >= 11 is 8.62. The Kier molecular flexibility index (Phi) is 4.61. The fourth-order valence-electron chi connectivity index (χ4n) is 3.58. The average Bonchev–Trinajstić information content (AvgIpc) is 3.37. The Morgan fingerprint density at radius 1 is 1.11 bits per heavy atom. The van der Waals surface area contributed by atoms with Crippen LogP contribution in [0.2, 0.25) is 0 Å². The van der Waals surface area contributed by atoms with Gasteiger partial charge in [-0.2, -0.15) is 5.10 Å². The number of benzene rings is 2. The van der Waals surface area contributed by atoms with Crippen LogP contribution in [0.3, 0.4) is 0 Å². The van der Waals surface area contributed by atoms with E-state index in [0.29, 0.717) is 5.56 Å². The van der Waals surface area contributed by atoms with Crippen LogP contribution in [0.25, 0.3) is 0 Å². The molecule has 0 amide bonds. The van der Waals surface area contributed by atoms with Crippen LogP contribution in [0.1, 0.15) is 33.3 Å². The molecule has 0 unspecified atom stereocenters. The van der Waals surface area contributed by atoms with Gasteiger partial charge in [0.25, 0.3) is 6.23 Å². The van der Waals surface area contributed by atoms with Crippen molar-refractivity contribution in [2.75, 3.05) is 0 Å². The van der Waals surface area contributed by atoms with Crippen molar-refractivity contribution in [1.29, 1.82) is 0 Å². The number of halogens is 2. The van der Waals surface area contributed by atoms with Gasteiger partial charge < -0.3 is 4.74 Å². The molecule has 4 nitrogen and oxygen atoms in total. The molecule has 0 fully saturated rings. The summed E-state index contributed by atoms with van der Waals surface area (Å²) in [5, 5.41) is 8.69. The van der Waals surface area contributed by atoms with Gasteiger partial charge in [-0.15, -0.1) is 11.3 Å². The second-order valence-corrected chi connectivity index (χ2v) is 9.43. The molecule has 28 heavy (non-hydrogen) atoms. The van der Waals surface area contributed by atoms with E-state index in [1.54, 1.807) is 11.3 Å². The van der Waals surface area contributed by atoms with Gasteiger partial charge in [0.2, 0.25) is 5.78 Å². The number of carbonyl (C=O) groups excluding carboxylic acids is 1. The highest BCUT2D eigenvalue weighted by Gasteiger charge is 2.43. The number of hydrogen-bond donors (Lipinski definition) is 0. The molecule has 1 aromatic heterocycles. The maximum atomic E-state index is 13.3. The molecular weight excluding hydrogens is 504 g/mol. The molecule has 0 saturated heterocycles. The molecule has 2 aliphatic rings. The molecule has 3 heterocycles. The highest BCUT2D eigenvalue weighted by atomic mass is 79.9. The maximum absolute atomic E-state index is 13.3. The molecule has 7 heteroatoms. The van der Waals surface area contributed by atoms with Crippen LogP contribution in [0.15, 0.2) is 74.0 Å². The van der Waals surface area contributed by atoms with Crippen LogP contribution < -0.4 is 4.74 Å². The number of fused-ring (bicyclic) bond motifs is 3. The molecule has 0 N–H and O–H groups in total. The van der Waals surface area contributed by atoms with Crippen molar-refractivity contribution in [2.45, 2.75) is 18.7 Å². The highest BCUT2D eigenvalue weighted by molar-refractivity contribution is 9.10. The van der Waals surface area contributed by atoms with E-state index in [0.717, 1.165) is 37.3 Å². The molecule has 2 atom stereocenters. The summed E-state index contributed by atoms with van der Waals surface area (Å²) in [6.45, 7) is 0. The molecule has 3 aromatic rings. The van der Waals surface area contributed by atoms with Gasteiger partial charge in [0.15, 0.2) is 0 Å². The smallest absolute Gasteiger partial charge is 0.251 e. The first-order valence-corrected chi connectivity index (χ1v) is 11.2. The Labute approximate surface area is 183 Å². The van der Waals surface area contributed by atoms with Gasteiger partial charge in [0, 0.05) is 26.5 Å². The predicted molar refractivity (Wildman–Crippen MR) is 117 cm³/mol. The number of hydrogen-bond acceptors (Lipinski definition) is 5. The van der Waals surface area contributed by atoms with Gasteiger partial charge in [-0.1, -0.05) is 50.1 Å². The number of rotatable bonds is 3. The number of nitrogens with zero attached hydrogens (tertiary/aromatic N) is 2. The van der Waals surface area contributed by atoms with Crippen molar-refractivity contribution < 1.29 is 9.53 Å². The molecule has 0 bridgehead atoms. The molecular formula is C21H14Br2N2O2S. The van der Waals surface area contributed by atoms with Crippen LogP contribution in [0, 0.1) is 0 Å². The summed E-state index contributed by atoms with van der Waals surface area (Å²) in [4.78, 5) is 14.4. The van der Waals surface area contributed by atoms with Crippen LogP contribution in [0.4, 0.5) is 0 Å². The third-order valence-electron chi connectivity index (χ3n) is 4.91. The molecule has 0 radical (unpaired) electrons. The highest BCUT2D eigenvalue weighted by Crippen LogP contribution is 2.44. The topological polar surface area (TPSA) is 41.9 Å². The van der Waals surface area contributed by atoms with E-state index >= 15 is 0 Å². The van der Waals surface area contributed by atoms with E-state index in [4.69, 9.17) is 9.84 Å². The molecule has 0 saturated carbocycles. The first-order valence-electron chi connectivity index (χ1n) is 8.76. The predicted octanol–water partition coefficient (Wildman–Crippen LogP) is 6.03. The lowest BCUT2D eigenvalue weighted by molar-refractivity contribution is -0.00459. The Morgan fingerprint density at radius 3 is 2.64 bits per heavy atom. The zero-order chi connectivity index (χ0) is 19.3. The summed E-state index contributed by atoms with van der Waals surface area (Å²) in [5.41, 5.74) is 2.64. The van der Waals surface area contributed by atoms with Gasteiger partial charge in [0.1, 0.15) is 5.75 Å². The first-order chi connectivity index (χ1) is 13.6. The lowest BCUT2D eigenvalue weighted by atomic mass is 9.97. The number of hydrazone groups is 1. The van der Waals surface area contributed by atoms with Crippen molar-refractivity contribution in [3.8, 4) is 5.75 Å². The van der Waals surface area contributed by atoms with Crippen molar-refractivity contribution in [2.24, 2.45) is 5.10 Å². The lowest BCUT2D eigenvalue weighted by Crippen LogP contribution is -2.45. The van der Waals surface area contributed by atoms with E-state index in [1.807, 2.05) is 52.9 Å². The maximum Gasteiger partial charge on any atom is 0.251 e.